The Kier molecular flexibility index (Phi) is 5.48. The van der Waals surface area contributed by atoms with E-state index in [2.05, 4.69) is 16.0 Å². The summed E-state index contributed by atoms with van der Waals surface area (Å²) in [6.07, 6.45) is 7.20. The molecule has 7 nitrogen and oxygen atoms in total. The van der Waals surface area contributed by atoms with Crippen LogP contribution in [0, 0.1) is 17.8 Å². The number of carbonyl (C=O) groups is 3. The summed E-state index contributed by atoms with van der Waals surface area (Å²) in [6.45, 7) is 0.172. The molecular weight excluding hydrogens is 370 g/mol. The lowest BCUT2D eigenvalue weighted by molar-refractivity contribution is -0.142. The zero-order chi connectivity index (χ0) is 20.4. The van der Waals surface area contributed by atoms with E-state index in [0.29, 0.717) is 5.56 Å². The Morgan fingerprint density at radius 2 is 1.59 bits per heavy atom. The summed E-state index contributed by atoms with van der Waals surface area (Å²) >= 11 is 0. The molecule has 3 amide bonds. The maximum atomic E-state index is 12.4. The summed E-state index contributed by atoms with van der Waals surface area (Å²) in [5.41, 5.74) is 0.448. The van der Waals surface area contributed by atoms with Gasteiger partial charge in [-0.3, -0.25) is 4.79 Å². The molecule has 0 aromatic heterocycles. The first-order valence-corrected chi connectivity index (χ1v) is 10.6. The van der Waals surface area contributed by atoms with Crippen molar-refractivity contribution in [2.45, 2.75) is 56.5 Å². The second kappa shape index (κ2) is 8.05. The molecule has 0 heterocycles. The third kappa shape index (κ3) is 4.54. The van der Waals surface area contributed by atoms with Crippen LogP contribution in [0.3, 0.4) is 0 Å². The van der Waals surface area contributed by atoms with Gasteiger partial charge >= 0.3 is 12.0 Å². The van der Waals surface area contributed by atoms with Gasteiger partial charge in [-0.25, -0.2) is 9.59 Å². The first-order chi connectivity index (χ1) is 13.9. The zero-order valence-electron chi connectivity index (χ0n) is 16.5. The predicted molar refractivity (Wildman–Crippen MR) is 107 cm³/mol. The van der Waals surface area contributed by atoms with Crippen LogP contribution in [-0.2, 0) is 9.59 Å². The molecule has 0 unspecified atom stereocenters. The number of carbonyl (C=O) groups excluding carboxylic acids is 2. The van der Waals surface area contributed by atoms with E-state index in [9.17, 15) is 19.5 Å². The quantitative estimate of drug-likeness (QED) is 0.565. The van der Waals surface area contributed by atoms with E-state index in [-0.39, 0.29) is 24.5 Å². The van der Waals surface area contributed by atoms with Gasteiger partial charge < -0.3 is 21.1 Å². The van der Waals surface area contributed by atoms with Crippen molar-refractivity contribution in [2.75, 3.05) is 6.54 Å². The zero-order valence-corrected chi connectivity index (χ0v) is 16.5. The van der Waals surface area contributed by atoms with Crippen LogP contribution in [0.5, 0.6) is 0 Å². The lowest BCUT2D eigenvalue weighted by atomic mass is 9.53. The molecule has 4 bridgehead atoms. The van der Waals surface area contributed by atoms with E-state index in [1.54, 1.807) is 30.3 Å². The smallest absolute Gasteiger partial charge is 0.330 e. The molecule has 4 aliphatic rings. The summed E-state index contributed by atoms with van der Waals surface area (Å²) in [6, 6.07) is 7.26. The first-order valence-electron chi connectivity index (χ1n) is 10.6. The van der Waals surface area contributed by atoms with Crippen LogP contribution < -0.4 is 16.0 Å². The number of hydrogen-bond acceptors (Lipinski definition) is 3. The van der Waals surface area contributed by atoms with Crippen molar-refractivity contribution >= 4 is 17.9 Å². The molecule has 4 fully saturated rings. The number of nitrogens with one attached hydrogen (secondary N) is 3. The second-order valence-electron chi connectivity index (χ2n) is 9.08. The third-order valence-corrected chi connectivity index (χ3v) is 6.74. The summed E-state index contributed by atoms with van der Waals surface area (Å²) < 4.78 is 0. The van der Waals surface area contributed by atoms with Crippen molar-refractivity contribution in [3.05, 3.63) is 35.9 Å². The van der Waals surface area contributed by atoms with Gasteiger partial charge in [0.15, 0.2) is 6.04 Å². The van der Waals surface area contributed by atoms with Crippen molar-refractivity contribution < 1.29 is 19.5 Å². The van der Waals surface area contributed by atoms with Gasteiger partial charge in [-0.15, -0.1) is 0 Å². The maximum absolute atomic E-state index is 12.4. The molecule has 5 rings (SSSR count). The Balaban J connectivity index is 1.23. The van der Waals surface area contributed by atoms with Crippen LogP contribution in [0.1, 0.15) is 56.6 Å². The summed E-state index contributed by atoms with van der Waals surface area (Å²) in [4.78, 5) is 36.1. The number of aliphatic carboxylic acids is 1. The highest BCUT2D eigenvalue weighted by Gasteiger charge is 2.51. The number of benzene rings is 1. The molecule has 4 N–H and O–H groups in total. The largest absolute Gasteiger partial charge is 0.479 e. The fraction of sp³-hybridized carbons (Fsp3) is 0.591. The van der Waals surface area contributed by atoms with Crippen molar-refractivity contribution in [2.24, 2.45) is 17.8 Å². The van der Waals surface area contributed by atoms with Crippen LogP contribution >= 0.6 is 0 Å². The normalized spacial score (nSPS) is 30.4. The first kappa shape index (κ1) is 19.7. The van der Waals surface area contributed by atoms with E-state index in [1.807, 2.05) is 0 Å². The lowest BCUT2D eigenvalue weighted by Crippen LogP contribution is -2.61. The average Bonchev–Trinajstić information content (AvgIpc) is 2.65. The minimum absolute atomic E-state index is 0.0326. The van der Waals surface area contributed by atoms with Crippen LogP contribution in [-0.4, -0.2) is 35.1 Å². The van der Waals surface area contributed by atoms with E-state index in [4.69, 9.17) is 0 Å². The number of hydrogen-bond donors (Lipinski definition) is 4. The van der Waals surface area contributed by atoms with Crippen molar-refractivity contribution in [3.63, 3.8) is 0 Å². The molecule has 0 radical (unpaired) electrons. The van der Waals surface area contributed by atoms with Crippen LogP contribution in [0.15, 0.2) is 30.3 Å². The Morgan fingerprint density at radius 1 is 1.00 bits per heavy atom. The van der Waals surface area contributed by atoms with Gasteiger partial charge in [0.2, 0.25) is 5.91 Å². The second-order valence-corrected chi connectivity index (χ2v) is 9.08. The average molecular weight is 399 g/mol. The van der Waals surface area contributed by atoms with Gasteiger partial charge in [-0.2, -0.15) is 0 Å². The molecule has 7 heteroatoms. The minimum atomic E-state index is -1.11. The summed E-state index contributed by atoms with van der Waals surface area (Å²) in [5.74, 6) is 0.725. The van der Waals surface area contributed by atoms with Crippen molar-refractivity contribution in [1.29, 1.82) is 0 Å². The summed E-state index contributed by atoms with van der Waals surface area (Å²) in [7, 11) is 0. The number of amides is 3. The molecule has 1 atom stereocenters. The van der Waals surface area contributed by atoms with E-state index in [1.165, 1.54) is 19.3 Å². The van der Waals surface area contributed by atoms with Gasteiger partial charge in [0, 0.05) is 18.5 Å². The highest BCUT2D eigenvalue weighted by atomic mass is 16.4. The maximum Gasteiger partial charge on any atom is 0.330 e. The number of carboxylic acid groups (broad SMARTS) is 1. The standard InChI is InChI=1S/C22H29N3O4/c26-18(24-19(20(27)28)17-4-2-1-3-5-17)6-7-23-21(29)25-22-11-14-8-15(12-22)10-16(9-14)13-22/h1-5,14-16,19H,6-13H2,(H,24,26)(H,27,28)(H2,23,25,29)/t14?,15?,16?,19-,22?/m0/s1. The van der Waals surface area contributed by atoms with Gasteiger partial charge in [-0.05, 0) is 61.8 Å². The molecular formula is C22H29N3O4. The number of urea groups is 1. The van der Waals surface area contributed by atoms with Crippen molar-refractivity contribution in [1.82, 2.24) is 16.0 Å². The number of carboxylic acids is 1. The molecule has 1 aromatic rings. The molecule has 0 aliphatic heterocycles. The van der Waals surface area contributed by atoms with E-state index >= 15 is 0 Å². The monoisotopic (exact) mass is 399 g/mol. The van der Waals surface area contributed by atoms with Gasteiger partial charge in [-0.1, -0.05) is 30.3 Å². The molecule has 4 saturated carbocycles. The molecule has 156 valence electrons. The summed E-state index contributed by atoms with van der Waals surface area (Å²) in [5, 5.41) is 17.9. The topological polar surface area (TPSA) is 108 Å². The van der Waals surface area contributed by atoms with Gasteiger partial charge in [0.05, 0.1) is 0 Å². The van der Waals surface area contributed by atoms with Crippen LogP contribution in [0.4, 0.5) is 4.79 Å². The molecule has 0 saturated heterocycles. The van der Waals surface area contributed by atoms with Crippen molar-refractivity contribution in [3.8, 4) is 0 Å². The van der Waals surface area contributed by atoms with E-state index in [0.717, 1.165) is 37.0 Å². The SMILES string of the molecule is O=C(CCNC(=O)NC12CC3CC(CC(C3)C1)C2)N[C@H](C(=O)O)c1ccccc1. The Bertz CT molecular complexity index is 744. The highest BCUT2D eigenvalue weighted by molar-refractivity contribution is 5.85. The van der Waals surface area contributed by atoms with Crippen LogP contribution in [0.2, 0.25) is 0 Å². The Morgan fingerprint density at radius 3 is 2.14 bits per heavy atom. The highest BCUT2D eigenvalue weighted by Crippen LogP contribution is 2.55. The lowest BCUT2D eigenvalue weighted by Gasteiger charge is -2.56. The van der Waals surface area contributed by atoms with Crippen LogP contribution in [0.25, 0.3) is 0 Å². The molecule has 29 heavy (non-hydrogen) atoms. The third-order valence-electron chi connectivity index (χ3n) is 6.74. The fourth-order valence-corrected chi connectivity index (χ4v) is 6.00. The molecule has 4 aliphatic carbocycles. The van der Waals surface area contributed by atoms with E-state index < -0.39 is 17.9 Å². The Labute approximate surface area is 170 Å². The number of rotatable bonds is 7. The fourth-order valence-electron chi connectivity index (χ4n) is 6.00. The predicted octanol–water partition coefficient (Wildman–Crippen LogP) is 2.59. The molecule has 1 aromatic carbocycles. The minimum Gasteiger partial charge on any atom is -0.479 e. The van der Waals surface area contributed by atoms with Gasteiger partial charge in [0.1, 0.15) is 0 Å². The molecule has 0 spiro atoms. The van der Waals surface area contributed by atoms with Gasteiger partial charge in [0.25, 0.3) is 0 Å². The Hall–Kier alpha value is -2.57.